The number of fused-ring (bicyclic) bond motifs is 1. The molecule has 4 heteroatoms. The van der Waals surface area contributed by atoms with Crippen molar-refractivity contribution in [2.75, 3.05) is 0 Å². The number of hydrogen-bond acceptors (Lipinski definition) is 3. The summed E-state index contributed by atoms with van der Waals surface area (Å²) in [5, 5.41) is 10.7. The summed E-state index contributed by atoms with van der Waals surface area (Å²) in [6.07, 6.45) is 3.76. The third-order valence-corrected chi connectivity index (χ3v) is 2.80. The first-order valence-corrected chi connectivity index (χ1v) is 5.39. The van der Waals surface area contributed by atoms with Crippen molar-refractivity contribution >= 4 is 10.9 Å². The van der Waals surface area contributed by atoms with Gasteiger partial charge >= 0.3 is 0 Å². The Bertz CT molecular complexity index is 587. The van der Waals surface area contributed by atoms with Crippen LogP contribution >= 0.6 is 0 Å². The lowest BCUT2D eigenvalue weighted by molar-refractivity contribution is 0.471. The minimum absolute atomic E-state index is 0.0922. The molecule has 0 radical (unpaired) electrons. The van der Waals surface area contributed by atoms with Crippen LogP contribution in [0.1, 0.15) is 19.4 Å². The lowest BCUT2D eigenvalue weighted by atomic mass is 10.1. The number of rotatable bonds is 2. The number of aromatic hydroxyl groups is 1. The fraction of sp³-hybridized carbons (Fsp3) is 0.333. The molecule has 1 N–H and O–H groups in total. The molecule has 0 spiro atoms. The van der Waals surface area contributed by atoms with Gasteiger partial charge in [0.15, 0.2) is 0 Å². The van der Waals surface area contributed by atoms with Crippen LogP contribution < -0.4 is 5.56 Å². The molecule has 84 valence electrons. The Morgan fingerprint density at radius 2 is 2.19 bits per heavy atom. The largest absolute Gasteiger partial charge is 0.507 e. The van der Waals surface area contributed by atoms with E-state index >= 15 is 0 Å². The van der Waals surface area contributed by atoms with Crippen molar-refractivity contribution in [3.63, 3.8) is 0 Å². The Balaban J connectivity index is 3.00. The molecule has 0 amide bonds. The highest BCUT2D eigenvalue weighted by molar-refractivity contribution is 5.85. The second-order valence-electron chi connectivity index (χ2n) is 3.62. The lowest BCUT2D eigenvalue weighted by Crippen LogP contribution is -2.23. The molecular weight excluding hydrogens is 204 g/mol. The van der Waals surface area contributed by atoms with Crippen LogP contribution in [0.5, 0.6) is 5.75 Å². The van der Waals surface area contributed by atoms with E-state index in [9.17, 15) is 9.90 Å². The van der Waals surface area contributed by atoms with Gasteiger partial charge < -0.3 is 9.67 Å². The van der Waals surface area contributed by atoms with E-state index in [1.807, 2.05) is 13.8 Å². The molecule has 0 aromatic carbocycles. The predicted molar refractivity (Wildman–Crippen MR) is 62.7 cm³/mol. The summed E-state index contributed by atoms with van der Waals surface area (Å²) in [7, 11) is 0. The summed E-state index contributed by atoms with van der Waals surface area (Å²) >= 11 is 0. The van der Waals surface area contributed by atoms with Crippen molar-refractivity contribution < 1.29 is 5.11 Å². The minimum atomic E-state index is -0.122. The number of pyridine rings is 2. The van der Waals surface area contributed by atoms with E-state index in [0.717, 1.165) is 0 Å². The van der Waals surface area contributed by atoms with Gasteiger partial charge in [-0.3, -0.25) is 9.78 Å². The Morgan fingerprint density at radius 3 is 2.81 bits per heavy atom. The smallest absolute Gasteiger partial charge is 0.257 e. The van der Waals surface area contributed by atoms with Gasteiger partial charge in [0.25, 0.3) is 5.56 Å². The van der Waals surface area contributed by atoms with Gasteiger partial charge in [0.1, 0.15) is 5.75 Å². The van der Waals surface area contributed by atoms with Gasteiger partial charge in [-0.05, 0) is 19.4 Å². The SMILES string of the molecule is CCc1c(O)c2ccncc2n(CC)c1=O. The van der Waals surface area contributed by atoms with Gasteiger partial charge in [0.05, 0.1) is 17.3 Å². The van der Waals surface area contributed by atoms with E-state index in [-0.39, 0.29) is 11.3 Å². The summed E-state index contributed by atoms with van der Waals surface area (Å²) in [6, 6.07) is 1.73. The molecule has 0 atom stereocenters. The maximum absolute atomic E-state index is 12.0. The number of aryl methyl sites for hydroxylation is 1. The zero-order valence-corrected chi connectivity index (χ0v) is 9.40. The Hall–Kier alpha value is -1.84. The van der Waals surface area contributed by atoms with Crippen molar-refractivity contribution in [1.29, 1.82) is 0 Å². The van der Waals surface area contributed by atoms with Gasteiger partial charge in [0.2, 0.25) is 0 Å². The molecule has 16 heavy (non-hydrogen) atoms. The highest BCUT2D eigenvalue weighted by Crippen LogP contribution is 2.25. The first kappa shape index (κ1) is 10.7. The maximum atomic E-state index is 12.0. The molecule has 2 heterocycles. The van der Waals surface area contributed by atoms with Gasteiger partial charge in [-0.15, -0.1) is 0 Å². The summed E-state index contributed by atoms with van der Waals surface area (Å²) in [5.74, 6) is 0.0922. The molecule has 2 aromatic rings. The van der Waals surface area contributed by atoms with E-state index in [1.54, 1.807) is 23.0 Å². The van der Waals surface area contributed by atoms with Crippen molar-refractivity contribution in [1.82, 2.24) is 9.55 Å². The van der Waals surface area contributed by atoms with E-state index in [2.05, 4.69) is 4.98 Å². The second kappa shape index (κ2) is 3.96. The molecule has 0 saturated carbocycles. The standard InChI is InChI=1S/C12H14N2O2/c1-3-8-11(15)9-5-6-13-7-10(9)14(4-2)12(8)16/h5-7,15H,3-4H2,1-2H3. The summed E-state index contributed by atoms with van der Waals surface area (Å²) in [6.45, 7) is 4.35. The van der Waals surface area contributed by atoms with Gasteiger partial charge in [-0.25, -0.2) is 0 Å². The van der Waals surface area contributed by atoms with Crippen LogP contribution in [0.4, 0.5) is 0 Å². The summed E-state index contributed by atoms with van der Waals surface area (Å²) in [5.41, 5.74) is 1.04. The van der Waals surface area contributed by atoms with E-state index in [4.69, 9.17) is 0 Å². The quantitative estimate of drug-likeness (QED) is 0.834. The van der Waals surface area contributed by atoms with Crippen LogP contribution in [0.25, 0.3) is 10.9 Å². The molecule has 0 saturated heterocycles. The maximum Gasteiger partial charge on any atom is 0.257 e. The van der Waals surface area contributed by atoms with E-state index < -0.39 is 0 Å². The summed E-state index contributed by atoms with van der Waals surface area (Å²) in [4.78, 5) is 16.0. The minimum Gasteiger partial charge on any atom is -0.507 e. The zero-order valence-electron chi connectivity index (χ0n) is 9.40. The van der Waals surface area contributed by atoms with E-state index in [0.29, 0.717) is 29.4 Å². The highest BCUT2D eigenvalue weighted by atomic mass is 16.3. The average Bonchev–Trinajstić information content (AvgIpc) is 2.30. The van der Waals surface area contributed by atoms with Crippen LogP contribution in [0, 0.1) is 0 Å². The van der Waals surface area contributed by atoms with Crippen LogP contribution in [0.3, 0.4) is 0 Å². The normalized spacial score (nSPS) is 10.9. The van der Waals surface area contributed by atoms with Crippen LogP contribution in [0.15, 0.2) is 23.3 Å². The van der Waals surface area contributed by atoms with Crippen molar-refractivity contribution in [2.45, 2.75) is 26.8 Å². The molecule has 0 bridgehead atoms. The molecule has 0 aliphatic heterocycles. The Morgan fingerprint density at radius 1 is 1.44 bits per heavy atom. The fourth-order valence-electron chi connectivity index (χ4n) is 1.97. The first-order chi connectivity index (χ1) is 7.70. The Kier molecular flexibility index (Phi) is 2.64. The third kappa shape index (κ3) is 1.38. The molecular formula is C12H14N2O2. The predicted octanol–water partition coefficient (Wildman–Crippen LogP) is 1.68. The monoisotopic (exact) mass is 218 g/mol. The molecule has 0 fully saturated rings. The highest BCUT2D eigenvalue weighted by Gasteiger charge is 2.13. The molecule has 2 rings (SSSR count). The molecule has 4 nitrogen and oxygen atoms in total. The average molecular weight is 218 g/mol. The van der Waals surface area contributed by atoms with Gasteiger partial charge in [0, 0.05) is 18.1 Å². The van der Waals surface area contributed by atoms with Crippen LogP contribution in [-0.2, 0) is 13.0 Å². The molecule has 2 aromatic heterocycles. The van der Waals surface area contributed by atoms with Crippen LogP contribution in [0.2, 0.25) is 0 Å². The number of nitrogens with zero attached hydrogens (tertiary/aromatic N) is 2. The van der Waals surface area contributed by atoms with Crippen molar-refractivity contribution in [2.24, 2.45) is 0 Å². The van der Waals surface area contributed by atoms with E-state index in [1.165, 1.54) is 0 Å². The zero-order chi connectivity index (χ0) is 11.7. The summed E-state index contributed by atoms with van der Waals surface area (Å²) < 4.78 is 1.64. The van der Waals surface area contributed by atoms with Crippen LogP contribution in [-0.4, -0.2) is 14.7 Å². The molecule has 0 unspecified atom stereocenters. The van der Waals surface area contributed by atoms with Gasteiger partial charge in [-0.1, -0.05) is 6.92 Å². The first-order valence-electron chi connectivity index (χ1n) is 5.39. The number of aromatic nitrogens is 2. The van der Waals surface area contributed by atoms with Crippen molar-refractivity contribution in [3.8, 4) is 5.75 Å². The molecule has 0 aliphatic rings. The molecule has 0 aliphatic carbocycles. The lowest BCUT2D eigenvalue weighted by Gasteiger charge is -2.11. The third-order valence-electron chi connectivity index (χ3n) is 2.80. The Labute approximate surface area is 93.2 Å². The topological polar surface area (TPSA) is 55.1 Å². The number of hydrogen-bond donors (Lipinski definition) is 1. The second-order valence-corrected chi connectivity index (χ2v) is 3.62. The van der Waals surface area contributed by atoms with Gasteiger partial charge in [-0.2, -0.15) is 0 Å². The fourth-order valence-corrected chi connectivity index (χ4v) is 1.97. The van der Waals surface area contributed by atoms with Crippen molar-refractivity contribution in [3.05, 3.63) is 34.4 Å².